The van der Waals surface area contributed by atoms with Crippen molar-refractivity contribution >= 4 is 172 Å². The highest BCUT2D eigenvalue weighted by Crippen LogP contribution is 2.49. The summed E-state index contributed by atoms with van der Waals surface area (Å²) in [6.07, 6.45) is 3.72. The average Bonchev–Trinajstić information content (AvgIpc) is 0.990. The Kier molecular flexibility index (Phi) is 11.4. The van der Waals surface area contributed by atoms with Crippen LogP contribution in [0.1, 0.15) is 0 Å². The van der Waals surface area contributed by atoms with Crippen LogP contribution in [-0.2, 0) is 0 Å². The first-order chi connectivity index (χ1) is 44.6. The number of benzene rings is 14. The van der Waals surface area contributed by atoms with Crippen molar-refractivity contribution in [3.05, 3.63) is 291 Å². The van der Waals surface area contributed by atoms with Gasteiger partial charge in [0.25, 0.3) is 0 Å². The van der Waals surface area contributed by atoms with Gasteiger partial charge in [-0.15, -0.1) is 22.7 Å². The lowest BCUT2D eigenvalue weighted by Crippen LogP contribution is -1.95. The molecule has 90 heavy (non-hydrogen) atoms. The van der Waals surface area contributed by atoms with E-state index in [1.165, 1.54) is 128 Å². The molecule has 0 saturated carbocycles. The smallest absolute Gasteiger partial charge is 0.0978 e. The molecular formula is C84H48N4S2. The molecule has 6 heterocycles. The summed E-state index contributed by atoms with van der Waals surface area (Å²) in [7, 11) is 0. The minimum absolute atomic E-state index is 0.934. The summed E-state index contributed by atoms with van der Waals surface area (Å²) in [5.41, 5.74) is 15.6. The predicted octanol–water partition coefficient (Wildman–Crippen LogP) is 23.9. The maximum atomic E-state index is 5.20. The number of hydrogen-bond donors (Lipinski definition) is 0. The number of fused-ring (bicyclic) bond motifs is 18. The Balaban J connectivity index is 0.000000130. The first kappa shape index (κ1) is 50.8. The molecule has 0 atom stereocenters. The number of nitrogens with zero attached hydrogens (tertiary/aromatic N) is 4. The molecule has 0 spiro atoms. The monoisotopic (exact) mass is 1180 g/mol. The van der Waals surface area contributed by atoms with Gasteiger partial charge in [0.2, 0.25) is 0 Å². The molecule has 0 bridgehead atoms. The molecule has 4 nitrogen and oxygen atoms in total. The van der Waals surface area contributed by atoms with E-state index in [1.54, 1.807) is 0 Å². The van der Waals surface area contributed by atoms with Gasteiger partial charge < -0.3 is 0 Å². The zero-order chi connectivity index (χ0) is 59.0. The van der Waals surface area contributed by atoms with Crippen molar-refractivity contribution in [1.29, 1.82) is 0 Å². The van der Waals surface area contributed by atoms with Gasteiger partial charge in [0.1, 0.15) is 0 Å². The number of rotatable bonds is 4. The van der Waals surface area contributed by atoms with E-state index in [-0.39, 0.29) is 0 Å². The molecule has 6 heteroatoms. The standard InChI is InChI=1S/2C42H24N2S/c1-3-14-31-29(12-1)38(26-20-21-28-27-11-6-8-18-36(27)45-37(28)24-26)30-13-2-4-15-32(30)39(31)40-33-16-5-7-17-35(33)44-42-34(40)22-19-25-10-9-23-43-41(25)42;1-3-9-37-35(8-1)40(36-18-15-25-6-5-19-43-41(25)42(36)44-37)30-14-13-28-21-31-20-26(11-12-27(31)22-32(28)23-30)29-16-17-34-33-7-2-4-10-38(33)45-39(34)24-29/h2*1-24H. The van der Waals surface area contributed by atoms with E-state index in [1.807, 2.05) is 47.2 Å². The normalized spacial score (nSPS) is 12.0. The minimum Gasteiger partial charge on any atom is -0.254 e. The highest BCUT2D eigenvalue weighted by Gasteiger charge is 2.23. The molecule has 14 aromatic carbocycles. The zero-order valence-corrected chi connectivity index (χ0v) is 50.0. The molecule has 0 N–H and O–H groups in total. The van der Waals surface area contributed by atoms with Crippen LogP contribution in [0.3, 0.4) is 0 Å². The van der Waals surface area contributed by atoms with Crippen molar-refractivity contribution in [3.8, 4) is 44.5 Å². The van der Waals surface area contributed by atoms with Crippen LogP contribution in [0.25, 0.3) is 193 Å². The van der Waals surface area contributed by atoms with Crippen molar-refractivity contribution < 1.29 is 0 Å². The van der Waals surface area contributed by atoms with E-state index >= 15 is 0 Å². The molecular weight excluding hydrogens is 1130 g/mol. The molecule has 0 fully saturated rings. The lowest BCUT2D eigenvalue weighted by molar-refractivity contribution is 1.40. The fourth-order valence-electron chi connectivity index (χ4n) is 14.4. The van der Waals surface area contributed by atoms with Crippen molar-refractivity contribution in [3.63, 3.8) is 0 Å². The molecule has 20 rings (SSSR count). The van der Waals surface area contributed by atoms with Crippen LogP contribution >= 0.6 is 22.7 Å². The third-order valence-corrected chi connectivity index (χ3v) is 20.8. The Morgan fingerprint density at radius 2 is 0.556 bits per heavy atom. The highest BCUT2D eigenvalue weighted by molar-refractivity contribution is 7.26. The van der Waals surface area contributed by atoms with E-state index in [2.05, 4.69) is 267 Å². The van der Waals surface area contributed by atoms with E-state index < -0.39 is 0 Å². The molecule has 0 radical (unpaired) electrons. The van der Waals surface area contributed by atoms with Crippen LogP contribution in [0.5, 0.6) is 0 Å². The Hall–Kier alpha value is -11.3. The number of para-hydroxylation sites is 2. The second kappa shape index (κ2) is 20.1. The van der Waals surface area contributed by atoms with Crippen LogP contribution in [-0.4, -0.2) is 19.9 Å². The van der Waals surface area contributed by atoms with Crippen LogP contribution in [0.15, 0.2) is 291 Å². The topological polar surface area (TPSA) is 51.6 Å². The maximum absolute atomic E-state index is 5.20. The van der Waals surface area contributed by atoms with Gasteiger partial charge in [-0.1, -0.05) is 206 Å². The lowest BCUT2D eigenvalue weighted by Gasteiger charge is -2.20. The number of thiophene rings is 2. The van der Waals surface area contributed by atoms with Gasteiger partial charge in [-0.25, -0.2) is 9.97 Å². The quantitative estimate of drug-likeness (QED) is 0.130. The van der Waals surface area contributed by atoms with Gasteiger partial charge in [0, 0.05) is 96.2 Å². The fourth-order valence-corrected chi connectivity index (χ4v) is 16.7. The van der Waals surface area contributed by atoms with Crippen LogP contribution < -0.4 is 0 Å². The average molecular weight is 1180 g/mol. The van der Waals surface area contributed by atoms with E-state index in [9.17, 15) is 0 Å². The summed E-state index contributed by atoms with van der Waals surface area (Å²) in [5, 5.41) is 22.0. The molecule has 0 aliphatic heterocycles. The van der Waals surface area contributed by atoms with Crippen molar-refractivity contribution in [1.82, 2.24) is 19.9 Å². The number of pyridine rings is 4. The molecule has 0 amide bonds. The van der Waals surface area contributed by atoms with Crippen molar-refractivity contribution in [2.24, 2.45) is 0 Å². The molecule has 416 valence electrons. The first-order valence-corrected chi connectivity index (χ1v) is 32.1. The van der Waals surface area contributed by atoms with Gasteiger partial charge in [0.15, 0.2) is 0 Å². The molecule has 6 aromatic heterocycles. The molecule has 0 unspecified atom stereocenters. The zero-order valence-electron chi connectivity index (χ0n) is 48.3. The SMILES string of the molecule is c1cnc2c(c1)ccc1c(-c3c4ccccc4c(-c4ccc5c(c4)sc4ccccc45)c4ccccc34)c3ccccc3nc12.c1cnc2c(c1)ccc1c(-c3ccc4cc5cc(-c6ccc7c(c6)sc6ccccc67)ccc5cc4c3)c3ccccc3nc12. The summed E-state index contributed by atoms with van der Waals surface area (Å²) in [6, 6.07) is 101. The lowest BCUT2D eigenvalue weighted by atomic mass is 9.84. The van der Waals surface area contributed by atoms with E-state index in [4.69, 9.17) is 19.9 Å². The van der Waals surface area contributed by atoms with Crippen LogP contribution in [0.4, 0.5) is 0 Å². The molecule has 0 saturated heterocycles. The van der Waals surface area contributed by atoms with Gasteiger partial charge >= 0.3 is 0 Å². The molecule has 20 aromatic rings. The third kappa shape index (κ3) is 7.98. The Labute approximate surface area is 523 Å². The summed E-state index contributed by atoms with van der Waals surface area (Å²) in [6.45, 7) is 0. The summed E-state index contributed by atoms with van der Waals surface area (Å²) >= 11 is 3.74. The van der Waals surface area contributed by atoms with E-state index in [0.29, 0.717) is 0 Å². The van der Waals surface area contributed by atoms with Gasteiger partial charge in [-0.2, -0.15) is 0 Å². The highest BCUT2D eigenvalue weighted by atomic mass is 32.1. The number of aromatic nitrogens is 4. The second-order valence-electron chi connectivity index (χ2n) is 23.5. The second-order valence-corrected chi connectivity index (χ2v) is 25.7. The Morgan fingerprint density at radius 3 is 1.12 bits per heavy atom. The molecule has 0 aliphatic rings. The predicted molar refractivity (Wildman–Crippen MR) is 387 cm³/mol. The Morgan fingerprint density at radius 1 is 0.200 bits per heavy atom. The van der Waals surface area contributed by atoms with E-state index in [0.717, 1.165) is 65.4 Å². The first-order valence-electron chi connectivity index (χ1n) is 30.5. The van der Waals surface area contributed by atoms with Gasteiger partial charge in [-0.3, -0.25) is 9.97 Å². The minimum atomic E-state index is 0.934. The van der Waals surface area contributed by atoms with Crippen molar-refractivity contribution in [2.75, 3.05) is 0 Å². The summed E-state index contributed by atoms with van der Waals surface area (Å²) in [5.74, 6) is 0. The third-order valence-electron chi connectivity index (χ3n) is 18.5. The largest absolute Gasteiger partial charge is 0.254 e. The fraction of sp³-hybridized carbons (Fsp3) is 0. The van der Waals surface area contributed by atoms with Crippen LogP contribution in [0.2, 0.25) is 0 Å². The maximum Gasteiger partial charge on any atom is 0.0978 e. The number of hydrogen-bond acceptors (Lipinski definition) is 6. The summed E-state index contributed by atoms with van der Waals surface area (Å²) in [4.78, 5) is 19.8. The van der Waals surface area contributed by atoms with Crippen LogP contribution in [0, 0.1) is 0 Å². The Bertz CT molecular complexity index is 6380. The van der Waals surface area contributed by atoms with Gasteiger partial charge in [0.05, 0.1) is 33.1 Å². The van der Waals surface area contributed by atoms with Gasteiger partial charge in [-0.05, 0) is 149 Å². The molecule has 0 aliphatic carbocycles. The van der Waals surface area contributed by atoms with Crippen molar-refractivity contribution in [2.45, 2.75) is 0 Å². The summed E-state index contributed by atoms with van der Waals surface area (Å²) < 4.78 is 5.32.